The van der Waals surface area contributed by atoms with Gasteiger partial charge in [-0.3, -0.25) is 14.4 Å². The Morgan fingerprint density at radius 1 is 0.963 bits per heavy atom. The molecule has 0 atom stereocenters. The van der Waals surface area contributed by atoms with Crippen molar-refractivity contribution in [1.29, 1.82) is 0 Å². The zero-order valence-corrected chi connectivity index (χ0v) is 17.2. The van der Waals surface area contributed by atoms with Crippen molar-refractivity contribution in [3.63, 3.8) is 0 Å². The Morgan fingerprint density at radius 3 is 2.37 bits per heavy atom. The lowest BCUT2D eigenvalue weighted by Gasteiger charge is -2.09. The van der Waals surface area contributed by atoms with Crippen LogP contribution in [0.2, 0.25) is 0 Å². The zero-order chi connectivity index (χ0) is 20.0. The number of amides is 1. The number of nitrogens with one attached hydrogen (secondary N) is 1. The molecule has 0 fully saturated rings. The highest BCUT2D eigenvalue weighted by atomic mass is 79.9. The minimum Gasteiger partial charge on any atom is -0.456 e. The molecule has 1 N–H and O–H groups in total. The summed E-state index contributed by atoms with van der Waals surface area (Å²) in [6.45, 7) is 5.46. The van der Waals surface area contributed by atoms with E-state index in [2.05, 4.69) is 21.2 Å². The summed E-state index contributed by atoms with van der Waals surface area (Å²) in [7, 11) is 0. The van der Waals surface area contributed by atoms with Crippen molar-refractivity contribution < 1.29 is 19.1 Å². The monoisotopic (exact) mass is 431 g/mol. The fraction of sp³-hybridized carbons (Fsp3) is 0.286. The minimum absolute atomic E-state index is 0.0481. The van der Waals surface area contributed by atoms with Crippen LogP contribution in [0.25, 0.3) is 0 Å². The molecule has 2 rings (SSSR count). The van der Waals surface area contributed by atoms with Crippen LogP contribution in [0.5, 0.6) is 0 Å². The molecule has 0 unspecified atom stereocenters. The van der Waals surface area contributed by atoms with Crippen LogP contribution in [0, 0.1) is 20.8 Å². The summed E-state index contributed by atoms with van der Waals surface area (Å²) in [5, 5.41) is 2.67. The summed E-state index contributed by atoms with van der Waals surface area (Å²) in [5.41, 5.74) is 4.37. The molecule has 5 nitrogen and oxygen atoms in total. The molecule has 0 aromatic heterocycles. The first-order valence-electron chi connectivity index (χ1n) is 8.58. The number of rotatable bonds is 7. The van der Waals surface area contributed by atoms with E-state index in [1.54, 1.807) is 12.1 Å². The van der Waals surface area contributed by atoms with Gasteiger partial charge in [0.1, 0.15) is 0 Å². The third kappa shape index (κ3) is 6.32. The van der Waals surface area contributed by atoms with Crippen LogP contribution in [0.3, 0.4) is 0 Å². The number of halogens is 1. The largest absolute Gasteiger partial charge is 0.456 e. The Kier molecular flexibility index (Phi) is 7.30. The summed E-state index contributed by atoms with van der Waals surface area (Å²) in [6, 6.07) is 11.0. The molecule has 1 amide bonds. The van der Waals surface area contributed by atoms with Gasteiger partial charge in [0.05, 0.1) is 12.1 Å². The second-order valence-electron chi connectivity index (χ2n) is 6.41. The molecular weight excluding hydrogens is 410 g/mol. The van der Waals surface area contributed by atoms with Crippen molar-refractivity contribution in [3.8, 4) is 0 Å². The Morgan fingerprint density at radius 2 is 1.70 bits per heavy atom. The van der Waals surface area contributed by atoms with E-state index in [0.29, 0.717) is 11.3 Å². The number of hydrogen-bond donors (Lipinski definition) is 1. The van der Waals surface area contributed by atoms with Gasteiger partial charge in [0.2, 0.25) is 0 Å². The van der Waals surface area contributed by atoms with Gasteiger partial charge < -0.3 is 10.1 Å². The topological polar surface area (TPSA) is 72.5 Å². The molecule has 0 saturated heterocycles. The van der Waals surface area contributed by atoms with Gasteiger partial charge in [-0.2, -0.15) is 0 Å². The smallest absolute Gasteiger partial charge is 0.306 e. The first-order chi connectivity index (χ1) is 12.8. The molecule has 0 bridgehead atoms. The highest BCUT2D eigenvalue weighted by molar-refractivity contribution is 9.10. The van der Waals surface area contributed by atoms with Gasteiger partial charge in [-0.1, -0.05) is 18.2 Å². The molecule has 0 aliphatic carbocycles. The SMILES string of the molecule is Cc1ccc(NC(=O)COC(=O)CCC(=O)c2ccc(C)c(C)c2)c(Br)c1. The molecule has 0 saturated carbocycles. The lowest BCUT2D eigenvalue weighted by molar-refractivity contribution is -0.147. The molecule has 0 aliphatic heterocycles. The molecule has 6 heteroatoms. The molecular formula is C21H22BrNO4. The molecule has 142 valence electrons. The van der Waals surface area contributed by atoms with E-state index in [0.717, 1.165) is 21.2 Å². The van der Waals surface area contributed by atoms with Crippen LogP contribution in [-0.2, 0) is 14.3 Å². The Hall–Kier alpha value is -2.47. The van der Waals surface area contributed by atoms with Gasteiger partial charge in [-0.15, -0.1) is 0 Å². The average Bonchev–Trinajstić information content (AvgIpc) is 2.62. The molecule has 0 aliphatic rings. The first kappa shape index (κ1) is 20.8. The van der Waals surface area contributed by atoms with Gasteiger partial charge in [0.15, 0.2) is 12.4 Å². The summed E-state index contributed by atoms with van der Waals surface area (Å²) in [6.07, 6.45) is -0.0142. The number of ketones is 1. The van der Waals surface area contributed by atoms with Crippen molar-refractivity contribution >= 4 is 39.3 Å². The number of Topliss-reactive ketones (excluding diaryl/α,β-unsaturated/α-hetero) is 1. The second-order valence-corrected chi connectivity index (χ2v) is 7.27. The predicted molar refractivity (Wildman–Crippen MR) is 108 cm³/mol. The summed E-state index contributed by atoms with van der Waals surface area (Å²) in [5.74, 6) is -1.14. The van der Waals surface area contributed by atoms with Crippen molar-refractivity contribution in [1.82, 2.24) is 0 Å². The molecule has 0 spiro atoms. The van der Waals surface area contributed by atoms with Crippen LogP contribution in [0.1, 0.15) is 39.9 Å². The number of aryl methyl sites for hydroxylation is 3. The predicted octanol–water partition coefficient (Wildman–Crippen LogP) is 4.52. The van der Waals surface area contributed by atoms with Crippen LogP contribution in [-0.4, -0.2) is 24.3 Å². The highest BCUT2D eigenvalue weighted by Crippen LogP contribution is 2.23. The quantitative estimate of drug-likeness (QED) is 0.516. The highest BCUT2D eigenvalue weighted by Gasteiger charge is 2.13. The van der Waals surface area contributed by atoms with Gasteiger partial charge in [0.25, 0.3) is 5.91 Å². The molecule has 0 radical (unpaired) electrons. The molecule has 2 aromatic rings. The van der Waals surface area contributed by atoms with Crippen molar-refractivity contribution in [2.24, 2.45) is 0 Å². The van der Waals surface area contributed by atoms with Crippen LogP contribution in [0.4, 0.5) is 5.69 Å². The van der Waals surface area contributed by atoms with E-state index in [4.69, 9.17) is 4.74 Å². The van der Waals surface area contributed by atoms with Crippen molar-refractivity contribution in [3.05, 3.63) is 63.1 Å². The fourth-order valence-electron chi connectivity index (χ4n) is 2.40. The van der Waals surface area contributed by atoms with E-state index in [-0.39, 0.29) is 18.6 Å². The maximum absolute atomic E-state index is 12.2. The summed E-state index contributed by atoms with van der Waals surface area (Å²) in [4.78, 5) is 35.9. The van der Waals surface area contributed by atoms with E-state index >= 15 is 0 Å². The van der Waals surface area contributed by atoms with E-state index < -0.39 is 18.5 Å². The third-order valence-electron chi connectivity index (χ3n) is 4.15. The lowest BCUT2D eigenvalue weighted by Crippen LogP contribution is -2.21. The van der Waals surface area contributed by atoms with Gasteiger partial charge in [-0.25, -0.2) is 0 Å². The standard InChI is InChI=1S/C21H22BrNO4/c1-13-4-7-18(17(22)10-13)23-20(25)12-27-21(26)9-8-19(24)16-6-5-14(2)15(3)11-16/h4-7,10-11H,8-9,12H2,1-3H3,(H,23,25). The Bertz CT molecular complexity index is 876. The number of hydrogen-bond acceptors (Lipinski definition) is 4. The van der Waals surface area contributed by atoms with Gasteiger partial charge in [0, 0.05) is 16.5 Å². The number of benzene rings is 2. The number of ether oxygens (including phenoxy) is 1. The summed E-state index contributed by atoms with van der Waals surface area (Å²) < 4.78 is 5.70. The molecule has 0 heterocycles. The van der Waals surface area contributed by atoms with Crippen LogP contribution in [0.15, 0.2) is 40.9 Å². The van der Waals surface area contributed by atoms with Crippen LogP contribution < -0.4 is 5.32 Å². The maximum atomic E-state index is 12.2. The normalized spacial score (nSPS) is 10.4. The van der Waals surface area contributed by atoms with E-state index in [1.165, 1.54) is 0 Å². The van der Waals surface area contributed by atoms with Gasteiger partial charge in [-0.05, 0) is 71.6 Å². The minimum atomic E-state index is -0.578. The second kappa shape index (κ2) is 9.46. The maximum Gasteiger partial charge on any atom is 0.306 e. The lowest BCUT2D eigenvalue weighted by atomic mass is 10.0. The van der Waals surface area contributed by atoms with Crippen molar-refractivity contribution in [2.45, 2.75) is 33.6 Å². The average molecular weight is 432 g/mol. The van der Waals surface area contributed by atoms with Crippen LogP contribution >= 0.6 is 15.9 Å². The first-order valence-corrected chi connectivity index (χ1v) is 9.37. The Labute approximate surface area is 167 Å². The third-order valence-corrected chi connectivity index (χ3v) is 4.80. The number of anilines is 1. The summed E-state index contributed by atoms with van der Waals surface area (Å²) >= 11 is 3.37. The van der Waals surface area contributed by atoms with E-state index in [9.17, 15) is 14.4 Å². The molecule has 2 aromatic carbocycles. The van der Waals surface area contributed by atoms with Gasteiger partial charge >= 0.3 is 5.97 Å². The van der Waals surface area contributed by atoms with E-state index in [1.807, 2.05) is 45.0 Å². The Balaban J connectivity index is 1.77. The number of carbonyl (C=O) groups excluding carboxylic acids is 3. The van der Waals surface area contributed by atoms with Crippen molar-refractivity contribution in [2.75, 3.05) is 11.9 Å². The number of carbonyl (C=O) groups is 3. The zero-order valence-electron chi connectivity index (χ0n) is 15.6. The molecule has 27 heavy (non-hydrogen) atoms. The fourth-order valence-corrected chi connectivity index (χ4v) is 2.99. The number of esters is 1.